The predicted molar refractivity (Wildman–Crippen MR) is 160 cm³/mol. The first-order chi connectivity index (χ1) is 19.8. The third kappa shape index (κ3) is 13.1. The number of aromatic nitrogens is 3. The van der Waals surface area contributed by atoms with Gasteiger partial charge in [-0.1, -0.05) is 11.2 Å². The van der Waals surface area contributed by atoms with Crippen LogP contribution in [-0.4, -0.2) is 47.4 Å². The molecule has 0 atom stereocenters. The molecule has 232 valence electrons. The van der Waals surface area contributed by atoms with Crippen molar-refractivity contribution in [3.05, 3.63) is 85.3 Å². The van der Waals surface area contributed by atoms with E-state index in [-0.39, 0.29) is 12.4 Å². The minimum absolute atomic E-state index is 0. The summed E-state index contributed by atoms with van der Waals surface area (Å²) in [6, 6.07) is 21.8. The number of pyridine rings is 1. The number of rotatable bonds is 7. The van der Waals surface area contributed by atoms with Crippen molar-refractivity contribution in [3.8, 4) is 0 Å². The maximum Gasteiger partial charge on any atom is 0.421 e. The number of imidazole rings is 1. The Morgan fingerprint density at radius 3 is 1.58 bits per heavy atom. The molecule has 0 saturated heterocycles. The molecule has 0 saturated carbocycles. The van der Waals surface area contributed by atoms with Gasteiger partial charge in [0.2, 0.25) is 0 Å². The van der Waals surface area contributed by atoms with Crippen LogP contribution in [0.25, 0.3) is 0 Å². The lowest BCUT2D eigenvalue weighted by Crippen LogP contribution is -3.00. The highest BCUT2D eigenvalue weighted by atomic mass is 35.5. The standard InChI is InChI=1S/C14H17N4.C13H18N5.CH4O4S.ClH/c1-17(2)13-9-7-12(8-10-13)15-16-14-6-4-5-11-18(14)3;1-16(2)12-7-5-11(6-8-12)14-15-13-17(3)9-10-18(13)4;1-6(3,4)5-2;/h4-11H,1-3H3;5-10H,1-4H3;2H,1H3;1H/q2*+1;;/p-2. The number of anilines is 2. The number of azo groups is 2. The predicted octanol–water partition coefficient (Wildman–Crippen LogP) is 0.565. The van der Waals surface area contributed by atoms with Crippen LogP contribution in [0.3, 0.4) is 0 Å². The average molecular weight is 632 g/mol. The molecule has 2 aromatic heterocycles. The number of hydrogen-bond acceptors (Lipinski definition) is 10. The summed E-state index contributed by atoms with van der Waals surface area (Å²) in [5, 5.41) is 25.8. The molecule has 4 rings (SSSR count). The zero-order chi connectivity index (χ0) is 31.3. The van der Waals surface area contributed by atoms with Gasteiger partial charge in [-0.2, -0.15) is 0 Å². The Morgan fingerprint density at radius 1 is 0.744 bits per heavy atom. The van der Waals surface area contributed by atoms with Gasteiger partial charge in [-0.05, 0) is 59.7 Å². The highest BCUT2D eigenvalue weighted by Gasteiger charge is 2.10. The maximum atomic E-state index is 9.47. The molecular formula is C28H38ClN9O4S. The minimum atomic E-state index is -3.72. The minimum Gasteiger partial charge on any atom is -1.00 e. The molecule has 0 aliphatic carbocycles. The van der Waals surface area contributed by atoms with E-state index in [1.54, 1.807) is 0 Å². The zero-order valence-corrected chi connectivity index (χ0v) is 27.1. The number of halogens is 1. The second kappa shape index (κ2) is 17.7. The quantitative estimate of drug-likeness (QED) is 0.127. The van der Waals surface area contributed by atoms with Crippen molar-refractivity contribution in [1.82, 2.24) is 4.57 Å². The van der Waals surface area contributed by atoms with Gasteiger partial charge in [-0.15, -0.1) is 0 Å². The molecular weight excluding hydrogens is 594 g/mol. The molecule has 0 N–H and O–H groups in total. The van der Waals surface area contributed by atoms with Gasteiger partial charge >= 0.3 is 11.8 Å². The van der Waals surface area contributed by atoms with Crippen molar-refractivity contribution in [2.24, 2.45) is 41.6 Å². The van der Waals surface area contributed by atoms with E-state index in [1.165, 1.54) is 0 Å². The molecule has 13 nitrogen and oxygen atoms in total. The highest BCUT2D eigenvalue weighted by molar-refractivity contribution is 7.85. The Kier molecular flexibility index (Phi) is 15.1. The fourth-order valence-corrected chi connectivity index (χ4v) is 3.19. The normalized spacial score (nSPS) is 10.8. The van der Waals surface area contributed by atoms with Crippen LogP contribution in [0.5, 0.6) is 0 Å². The SMILES string of the molecule is CN(C)c1ccc(N=Nc2cccc[n+]2C)cc1.CN(C)c1ccc(N=Nc2n(C)cc[n+]2C)cc1.CS(=O)(=O)O[O-].[Cl-]. The van der Waals surface area contributed by atoms with Crippen molar-refractivity contribution < 1.29 is 39.6 Å². The van der Waals surface area contributed by atoms with E-state index in [0.717, 1.165) is 34.5 Å². The number of hydrogen-bond donors (Lipinski definition) is 0. The van der Waals surface area contributed by atoms with E-state index in [9.17, 15) is 8.42 Å². The largest absolute Gasteiger partial charge is 1.00 e. The summed E-state index contributed by atoms with van der Waals surface area (Å²) >= 11 is 0. The second-order valence-electron chi connectivity index (χ2n) is 9.48. The fraction of sp³-hybridized carbons (Fsp3) is 0.286. The smallest absolute Gasteiger partial charge is 0.421 e. The summed E-state index contributed by atoms with van der Waals surface area (Å²) < 4.78 is 27.4. The van der Waals surface area contributed by atoms with E-state index in [2.05, 4.69) is 34.6 Å². The van der Waals surface area contributed by atoms with E-state index in [4.69, 9.17) is 5.26 Å². The van der Waals surface area contributed by atoms with Crippen LogP contribution in [0.2, 0.25) is 0 Å². The molecule has 4 aromatic rings. The van der Waals surface area contributed by atoms with E-state index in [1.807, 2.05) is 148 Å². The van der Waals surface area contributed by atoms with Gasteiger partial charge in [-0.3, -0.25) is 0 Å². The van der Waals surface area contributed by atoms with Crippen molar-refractivity contribution in [2.75, 3.05) is 44.2 Å². The zero-order valence-electron chi connectivity index (χ0n) is 25.5. The molecule has 2 aromatic carbocycles. The van der Waals surface area contributed by atoms with Gasteiger partial charge in [0.05, 0.1) is 51.1 Å². The van der Waals surface area contributed by atoms with Gasteiger partial charge in [0.1, 0.15) is 11.4 Å². The number of benzene rings is 2. The highest BCUT2D eigenvalue weighted by Crippen LogP contribution is 2.21. The van der Waals surface area contributed by atoms with E-state index in [0.29, 0.717) is 6.26 Å². The molecule has 0 aliphatic heterocycles. The molecule has 2 heterocycles. The summed E-state index contributed by atoms with van der Waals surface area (Å²) in [5.41, 5.74) is 4.00. The van der Waals surface area contributed by atoms with Crippen molar-refractivity contribution >= 4 is 44.6 Å². The van der Waals surface area contributed by atoms with Crippen LogP contribution in [0.1, 0.15) is 0 Å². The van der Waals surface area contributed by atoms with Crippen LogP contribution >= 0.6 is 0 Å². The molecule has 0 radical (unpaired) electrons. The lowest BCUT2D eigenvalue weighted by molar-refractivity contribution is -0.658. The Labute approximate surface area is 259 Å². The fourth-order valence-electron chi connectivity index (χ4n) is 3.19. The molecule has 0 unspecified atom stereocenters. The summed E-state index contributed by atoms with van der Waals surface area (Å²) in [5.74, 6) is 1.64. The number of nitrogens with zero attached hydrogens (tertiary/aromatic N) is 9. The molecule has 15 heteroatoms. The first kappa shape index (κ1) is 36.8. The summed E-state index contributed by atoms with van der Waals surface area (Å²) in [6.45, 7) is 0. The average Bonchev–Trinajstić information content (AvgIpc) is 3.28. The van der Waals surface area contributed by atoms with Crippen molar-refractivity contribution in [2.45, 2.75) is 0 Å². The molecule has 0 fully saturated rings. The first-order valence-corrected chi connectivity index (χ1v) is 14.5. The van der Waals surface area contributed by atoms with Gasteiger partial charge in [-0.25, -0.2) is 22.1 Å². The molecule has 0 bridgehead atoms. The second-order valence-corrected chi connectivity index (χ2v) is 11.0. The molecule has 43 heavy (non-hydrogen) atoms. The Morgan fingerprint density at radius 2 is 1.21 bits per heavy atom. The first-order valence-electron chi connectivity index (χ1n) is 12.7. The maximum absolute atomic E-state index is 9.47. The van der Waals surface area contributed by atoms with Crippen molar-refractivity contribution in [1.29, 1.82) is 0 Å². The van der Waals surface area contributed by atoms with Gasteiger partial charge in [0, 0.05) is 50.7 Å². The van der Waals surface area contributed by atoms with E-state index >= 15 is 0 Å². The summed E-state index contributed by atoms with van der Waals surface area (Å²) in [4.78, 5) is 4.11. The van der Waals surface area contributed by atoms with Gasteiger partial charge in [0.15, 0.2) is 0 Å². The van der Waals surface area contributed by atoms with Crippen LogP contribution in [0, 0.1) is 0 Å². The molecule has 0 aliphatic rings. The van der Waals surface area contributed by atoms with Crippen LogP contribution < -0.4 is 36.6 Å². The monoisotopic (exact) mass is 631 g/mol. The summed E-state index contributed by atoms with van der Waals surface area (Å²) in [6.07, 6.45) is 6.52. The lowest BCUT2D eigenvalue weighted by atomic mass is 10.3. The Bertz CT molecular complexity index is 1550. The van der Waals surface area contributed by atoms with Crippen LogP contribution in [0.15, 0.2) is 106 Å². The molecule has 0 amide bonds. The lowest BCUT2D eigenvalue weighted by Gasteiger charge is -2.11. The van der Waals surface area contributed by atoms with Crippen LogP contribution in [0.4, 0.5) is 34.5 Å². The number of aryl methyl sites for hydroxylation is 3. The van der Waals surface area contributed by atoms with Crippen LogP contribution in [-0.2, 0) is 35.6 Å². The van der Waals surface area contributed by atoms with E-state index < -0.39 is 10.1 Å². The Balaban J connectivity index is 0.000000356. The van der Waals surface area contributed by atoms with Gasteiger partial charge in [0.25, 0.3) is 10.1 Å². The molecule has 0 spiro atoms. The third-order valence-corrected chi connectivity index (χ3v) is 5.80. The van der Waals surface area contributed by atoms with Crippen molar-refractivity contribution in [3.63, 3.8) is 0 Å². The summed E-state index contributed by atoms with van der Waals surface area (Å²) in [7, 11) is 10.2. The van der Waals surface area contributed by atoms with Gasteiger partial charge < -0.3 is 31.8 Å². The Hall–Kier alpha value is -4.24. The third-order valence-electron chi connectivity index (χ3n) is 5.55. The topological polar surface area (TPSA) is 135 Å².